The van der Waals surface area contributed by atoms with Gasteiger partial charge in [-0.1, -0.05) is 6.07 Å². The quantitative estimate of drug-likeness (QED) is 0.731. The van der Waals surface area contributed by atoms with E-state index in [-0.39, 0.29) is 10.9 Å². The van der Waals surface area contributed by atoms with Crippen LogP contribution in [0, 0.1) is 0 Å². The van der Waals surface area contributed by atoms with Crippen LogP contribution in [0.1, 0.15) is 18.7 Å². The number of rotatable bonds is 5. The van der Waals surface area contributed by atoms with Gasteiger partial charge in [-0.2, -0.15) is 0 Å². The molecule has 0 fully saturated rings. The zero-order valence-corrected chi connectivity index (χ0v) is 12.7. The lowest BCUT2D eigenvalue weighted by atomic mass is 10.2. The molecule has 1 aromatic heterocycles. The van der Waals surface area contributed by atoms with Gasteiger partial charge in [0, 0.05) is 6.20 Å². The molecule has 0 bridgehead atoms. The fourth-order valence-electron chi connectivity index (χ4n) is 1.88. The van der Waals surface area contributed by atoms with Crippen molar-refractivity contribution in [1.82, 2.24) is 9.71 Å². The number of anilines is 2. The maximum atomic E-state index is 11.8. The van der Waals surface area contributed by atoms with E-state index in [2.05, 4.69) is 15.0 Å². The van der Waals surface area contributed by atoms with Crippen LogP contribution in [-0.4, -0.2) is 20.4 Å². The van der Waals surface area contributed by atoms with E-state index in [9.17, 15) is 8.42 Å². The standard InChI is InChI=1S/C14H18N4O2S/c1-10(13-5-3-4-8-17-13)18-14-9-11(6-7-12(14)15)21(19,20)16-2/h3-10,16,18H,15H2,1-2H3. The Kier molecular flexibility index (Phi) is 4.44. The summed E-state index contributed by atoms with van der Waals surface area (Å²) in [7, 11) is -2.13. The van der Waals surface area contributed by atoms with Gasteiger partial charge in [0.1, 0.15) is 0 Å². The van der Waals surface area contributed by atoms with Crippen molar-refractivity contribution >= 4 is 21.4 Å². The summed E-state index contributed by atoms with van der Waals surface area (Å²) >= 11 is 0. The van der Waals surface area contributed by atoms with Crippen LogP contribution in [0.15, 0.2) is 47.5 Å². The van der Waals surface area contributed by atoms with Gasteiger partial charge in [-0.15, -0.1) is 0 Å². The molecule has 4 N–H and O–H groups in total. The SMILES string of the molecule is CNS(=O)(=O)c1ccc(N)c(NC(C)c2ccccn2)c1. The highest BCUT2D eigenvalue weighted by Gasteiger charge is 2.15. The van der Waals surface area contributed by atoms with E-state index >= 15 is 0 Å². The number of aromatic nitrogens is 1. The first-order chi connectivity index (χ1) is 9.94. The summed E-state index contributed by atoms with van der Waals surface area (Å²) in [6.07, 6.45) is 1.71. The number of hydrogen-bond donors (Lipinski definition) is 3. The highest BCUT2D eigenvalue weighted by atomic mass is 32.2. The van der Waals surface area contributed by atoms with Crippen molar-refractivity contribution in [2.45, 2.75) is 17.9 Å². The Morgan fingerprint density at radius 2 is 2.00 bits per heavy atom. The van der Waals surface area contributed by atoms with Crippen LogP contribution >= 0.6 is 0 Å². The van der Waals surface area contributed by atoms with E-state index < -0.39 is 10.0 Å². The normalized spacial score (nSPS) is 12.9. The van der Waals surface area contributed by atoms with E-state index in [1.807, 2.05) is 25.1 Å². The smallest absolute Gasteiger partial charge is 0.240 e. The third-order valence-electron chi connectivity index (χ3n) is 3.11. The maximum Gasteiger partial charge on any atom is 0.240 e. The molecule has 0 aliphatic heterocycles. The maximum absolute atomic E-state index is 11.8. The minimum Gasteiger partial charge on any atom is -0.397 e. The number of nitrogen functional groups attached to an aromatic ring is 1. The van der Waals surface area contributed by atoms with Crippen LogP contribution in [0.5, 0.6) is 0 Å². The molecule has 1 atom stereocenters. The largest absolute Gasteiger partial charge is 0.397 e. The molecule has 6 nitrogen and oxygen atoms in total. The number of nitrogens with zero attached hydrogens (tertiary/aromatic N) is 1. The van der Waals surface area contributed by atoms with Gasteiger partial charge in [0.05, 0.1) is 28.0 Å². The van der Waals surface area contributed by atoms with Crippen molar-refractivity contribution in [3.05, 3.63) is 48.3 Å². The molecule has 0 amide bonds. The number of nitrogens with two attached hydrogens (primary N) is 1. The minimum atomic E-state index is -3.50. The third kappa shape index (κ3) is 3.50. The second kappa shape index (κ2) is 6.11. The van der Waals surface area contributed by atoms with Gasteiger partial charge in [-0.25, -0.2) is 13.1 Å². The van der Waals surface area contributed by atoms with Crippen molar-refractivity contribution in [2.24, 2.45) is 0 Å². The molecular weight excluding hydrogens is 288 g/mol. The second-order valence-corrected chi connectivity index (χ2v) is 6.46. The molecule has 1 aromatic carbocycles. The monoisotopic (exact) mass is 306 g/mol. The van der Waals surface area contributed by atoms with Crippen molar-refractivity contribution in [3.8, 4) is 0 Å². The van der Waals surface area contributed by atoms with Crippen molar-refractivity contribution in [3.63, 3.8) is 0 Å². The number of benzene rings is 1. The van der Waals surface area contributed by atoms with Crippen LogP contribution in [0.4, 0.5) is 11.4 Å². The number of sulfonamides is 1. The van der Waals surface area contributed by atoms with Crippen molar-refractivity contribution in [1.29, 1.82) is 0 Å². The highest BCUT2D eigenvalue weighted by Crippen LogP contribution is 2.26. The van der Waals surface area contributed by atoms with Gasteiger partial charge in [-0.3, -0.25) is 4.98 Å². The molecule has 21 heavy (non-hydrogen) atoms. The molecule has 0 saturated carbocycles. The van der Waals surface area contributed by atoms with Gasteiger partial charge >= 0.3 is 0 Å². The Morgan fingerprint density at radius 1 is 1.24 bits per heavy atom. The van der Waals surface area contributed by atoms with E-state index in [1.165, 1.54) is 19.2 Å². The summed E-state index contributed by atoms with van der Waals surface area (Å²) in [6, 6.07) is 10.1. The van der Waals surface area contributed by atoms with E-state index in [0.29, 0.717) is 11.4 Å². The van der Waals surface area contributed by atoms with Gasteiger partial charge in [-0.05, 0) is 44.3 Å². The van der Waals surface area contributed by atoms with Crippen LogP contribution < -0.4 is 15.8 Å². The Balaban J connectivity index is 2.30. The number of pyridine rings is 1. The van der Waals surface area contributed by atoms with Gasteiger partial charge in [0.25, 0.3) is 0 Å². The average molecular weight is 306 g/mol. The van der Waals surface area contributed by atoms with Gasteiger partial charge in [0.2, 0.25) is 10.0 Å². The molecule has 2 rings (SSSR count). The molecule has 1 heterocycles. The summed E-state index contributed by atoms with van der Waals surface area (Å²) in [5, 5.41) is 3.18. The lowest BCUT2D eigenvalue weighted by molar-refractivity contribution is 0.588. The number of nitrogens with one attached hydrogen (secondary N) is 2. The average Bonchev–Trinajstić information content (AvgIpc) is 2.50. The predicted octanol–water partition coefficient (Wildman–Crippen LogP) is 1.74. The molecular formula is C14H18N4O2S. The zero-order valence-electron chi connectivity index (χ0n) is 11.9. The third-order valence-corrected chi connectivity index (χ3v) is 4.52. The van der Waals surface area contributed by atoms with Crippen LogP contribution in [-0.2, 0) is 10.0 Å². The molecule has 0 spiro atoms. The first kappa shape index (κ1) is 15.3. The van der Waals surface area contributed by atoms with E-state index in [1.54, 1.807) is 12.3 Å². The first-order valence-electron chi connectivity index (χ1n) is 6.44. The summed E-state index contributed by atoms with van der Waals surface area (Å²) in [6.45, 7) is 1.93. The van der Waals surface area contributed by atoms with E-state index in [4.69, 9.17) is 5.73 Å². The fraction of sp³-hybridized carbons (Fsp3) is 0.214. The summed E-state index contributed by atoms with van der Waals surface area (Å²) < 4.78 is 25.9. The van der Waals surface area contributed by atoms with Crippen LogP contribution in [0.25, 0.3) is 0 Å². The molecule has 112 valence electrons. The zero-order chi connectivity index (χ0) is 15.5. The summed E-state index contributed by atoms with van der Waals surface area (Å²) in [4.78, 5) is 4.42. The summed E-state index contributed by atoms with van der Waals surface area (Å²) in [5.74, 6) is 0. The molecule has 0 saturated heterocycles. The Hall–Kier alpha value is -2.12. The predicted molar refractivity (Wildman–Crippen MR) is 83.4 cm³/mol. The van der Waals surface area contributed by atoms with Crippen molar-refractivity contribution < 1.29 is 8.42 Å². The Labute approximate surface area is 124 Å². The lowest BCUT2D eigenvalue weighted by Crippen LogP contribution is -2.19. The highest BCUT2D eigenvalue weighted by molar-refractivity contribution is 7.89. The van der Waals surface area contributed by atoms with Gasteiger partial charge < -0.3 is 11.1 Å². The molecule has 0 aliphatic rings. The number of hydrogen-bond acceptors (Lipinski definition) is 5. The topological polar surface area (TPSA) is 97.1 Å². The van der Waals surface area contributed by atoms with Crippen LogP contribution in [0.2, 0.25) is 0 Å². The van der Waals surface area contributed by atoms with E-state index in [0.717, 1.165) is 5.69 Å². The molecule has 0 radical (unpaired) electrons. The minimum absolute atomic E-state index is 0.0963. The molecule has 1 unspecified atom stereocenters. The lowest BCUT2D eigenvalue weighted by Gasteiger charge is -2.17. The first-order valence-corrected chi connectivity index (χ1v) is 7.93. The molecule has 0 aliphatic carbocycles. The summed E-state index contributed by atoms with van der Waals surface area (Å²) in [5.41, 5.74) is 7.79. The second-order valence-electron chi connectivity index (χ2n) is 4.58. The fourth-order valence-corrected chi connectivity index (χ4v) is 2.64. The Morgan fingerprint density at radius 3 is 2.62 bits per heavy atom. The molecule has 7 heteroatoms. The van der Waals surface area contributed by atoms with Crippen LogP contribution in [0.3, 0.4) is 0 Å². The van der Waals surface area contributed by atoms with Gasteiger partial charge in [0.15, 0.2) is 0 Å². The molecule has 2 aromatic rings. The van der Waals surface area contributed by atoms with Crippen molar-refractivity contribution in [2.75, 3.05) is 18.1 Å². The Bertz CT molecular complexity index is 717.